The molecule has 0 heterocycles. The van der Waals surface area contributed by atoms with Crippen LogP contribution in [0.1, 0.15) is 45.4 Å². The largest absolute Gasteiger partial charge is 0.344 e. The van der Waals surface area contributed by atoms with Gasteiger partial charge < -0.3 is 10.6 Å². The molecule has 0 aliphatic carbocycles. The van der Waals surface area contributed by atoms with E-state index >= 15 is 0 Å². The highest BCUT2D eigenvalue weighted by molar-refractivity contribution is 5.85. The Hall–Kier alpha value is 0.210. The number of halogens is 1. The van der Waals surface area contributed by atoms with E-state index in [1.165, 1.54) is 45.1 Å². The third kappa shape index (κ3) is 18.1. The molecule has 0 atom stereocenters. The zero-order valence-electron chi connectivity index (χ0n) is 10.5. The molecule has 0 saturated carbocycles. The van der Waals surface area contributed by atoms with Gasteiger partial charge in [-0.2, -0.15) is 0 Å². The van der Waals surface area contributed by atoms with Gasteiger partial charge in [-0.05, 0) is 12.8 Å². The van der Waals surface area contributed by atoms with Gasteiger partial charge >= 0.3 is 0 Å². The number of hydrogen-bond acceptors (Lipinski definition) is 1. The summed E-state index contributed by atoms with van der Waals surface area (Å²) in [5.74, 6) is 0. The average Bonchev–Trinajstić information content (AvgIpc) is 1.94. The van der Waals surface area contributed by atoms with Gasteiger partial charge in [0.25, 0.3) is 0 Å². The van der Waals surface area contributed by atoms with E-state index in [9.17, 15) is 0 Å². The van der Waals surface area contributed by atoms with E-state index in [4.69, 9.17) is 0 Å². The maximum absolute atomic E-state index is 2.27. The lowest BCUT2D eigenvalue weighted by molar-refractivity contribution is -0.870. The molecule has 2 nitrogen and oxygen atoms in total. The summed E-state index contributed by atoms with van der Waals surface area (Å²) in [6.45, 7) is 3.60. The van der Waals surface area contributed by atoms with Crippen molar-refractivity contribution in [1.82, 2.24) is 6.15 Å². The summed E-state index contributed by atoms with van der Waals surface area (Å²) in [4.78, 5) is 0. The summed E-state index contributed by atoms with van der Waals surface area (Å²) >= 11 is 0. The van der Waals surface area contributed by atoms with Crippen molar-refractivity contribution in [2.24, 2.45) is 0 Å². The van der Waals surface area contributed by atoms with Crippen LogP contribution in [0.15, 0.2) is 0 Å². The molecule has 0 aliphatic rings. The minimum Gasteiger partial charge on any atom is -0.344 e. The van der Waals surface area contributed by atoms with Crippen LogP contribution in [0.25, 0.3) is 0 Å². The number of quaternary nitrogens is 1. The van der Waals surface area contributed by atoms with Crippen LogP contribution >= 0.6 is 12.4 Å². The van der Waals surface area contributed by atoms with Crippen molar-refractivity contribution in [3.8, 4) is 0 Å². The van der Waals surface area contributed by atoms with Crippen LogP contribution in [0, 0.1) is 0 Å². The van der Waals surface area contributed by atoms with Crippen LogP contribution < -0.4 is 6.15 Å². The van der Waals surface area contributed by atoms with Gasteiger partial charge in [0.05, 0.1) is 27.7 Å². The third-order valence-electron chi connectivity index (χ3n) is 2.18. The highest BCUT2D eigenvalue weighted by atomic mass is 35.5. The Balaban J connectivity index is -0.000000605. The lowest BCUT2D eigenvalue weighted by atomic mass is 10.1. The first kappa shape index (κ1) is 19.7. The first-order chi connectivity index (χ1) is 5.56. The first-order valence-corrected chi connectivity index (χ1v) is 5.36. The number of rotatable bonds is 7. The zero-order chi connectivity index (χ0) is 9.45. The third-order valence-corrected chi connectivity index (χ3v) is 2.18. The second-order valence-corrected chi connectivity index (χ2v) is 4.78. The predicted molar refractivity (Wildman–Crippen MR) is 68.5 cm³/mol. The summed E-state index contributed by atoms with van der Waals surface area (Å²) in [5.41, 5.74) is 0. The van der Waals surface area contributed by atoms with Crippen LogP contribution in [0.4, 0.5) is 0 Å². The van der Waals surface area contributed by atoms with Gasteiger partial charge in [0.1, 0.15) is 0 Å². The van der Waals surface area contributed by atoms with Gasteiger partial charge in [0.2, 0.25) is 0 Å². The van der Waals surface area contributed by atoms with Crippen LogP contribution in [-0.4, -0.2) is 32.2 Å². The van der Waals surface area contributed by atoms with Crippen molar-refractivity contribution in [3.05, 3.63) is 0 Å². The summed E-state index contributed by atoms with van der Waals surface area (Å²) in [7, 11) is 6.81. The Morgan fingerprint density at radius 3 is 1.64 bits per heavy atom. The van der Waals surface area contributed by atoms with Crippen molar-refractivity contribution < 1.29 is 4.48 Å². The first-order valence-electron chi connectivity index (χ1n) is 5.36. The van der Waals surface area contributed by atoms with Crippen LogP contribution in [0.5, 0.6) is 0 Å². The van der Waals surface area contributed by atoms with Gasteiger partial charge in [0, 0.05) is 0 Å². The highest BCUT2D eigenvalue weighted by Crippen LogP contribution is 2.06. The lowest BCUT2D eigenvalue weighted by Crippen LogP contribution is -2.35. The fourth-order valence-corrected chi connectivity index (χ4v) is 1.37. The average molecular weight is 226 g/mol. The molecule has 0 fully saturated rings. The van der Waals surface area contributed by atoms with E-state index in [2.05, 4.69) is 28.1 Å². The molecule has 3 N–H and O–H groups in total. The van der Waals surface area contributed by atoms with E-state index < -0.39 is 0 Å². The van der Waals surface area contributed by atoms with E-state index in [1.807, 2.05) is 0 Å². The van der Waals surface area contributed by atoms with Gasteiger partial charge in [0.15, 0.2) is 0 Å². The van der Waals surface area contributed by atoms with Crippen molar-refractivity contribution in [2.75, 3.05) is 27.7 Å². The summed E-state index contributed by atoms with van der Waals surface area (Å²) in [6.07, 6.45) is 8.48. The molecule has 0 amide bonds. The van der Waals surface area contributed by atoms with E-state index in [-0.39, 0.29) is 18.6 Å². The molecule has 90 valence electrons. The molecule has 0 rings (SSSR count). The molecule has 0 unspecified atom stereocenters. The molecule has 0 bridgehead atoms. The van der Waals surface area contributed by atoms with Crippen molar-refractivity contribution >= 4 is 12.4 Å². The normalized spacial score (nSPS) is 10.3. The molecule has 0 aromatic heterocycles. The molecule has 0 radical (unpaired) electrons. The van der Waals surface area contributed by atoms with E-state index in [0.717, 1.165) is 4.48 Å². The number of nitrogens with zero attached hydrogens (tertiary/aromatic N) is 1. The minimum atomic E-state index is 0. The molecular formula is C11H30ClN2+. The summed E-state index contributed by atoms with van der Waals surface area (Å²) in [6, 6.07) is 0. The SMILES string of the molecule is CCCCCCCC[N+](C)(C)C.Cl.N. The molecule has 0 aromatic rings. The lowest BCUT2D eigenvalue weighted by Gasteiger charge is -2.23. The van der Waals surface area contributed by atoms with Crippen LogP contribution in [0.3, 0.4) is 0 Å². The quantitative estimate of drug-likeness (QED) is 0.521. The standard InChI is InChI=1S/C11H26N.ClH.H3N/c1-5-6-7-8-9-10-11-12(2,3)4;;/h5-11H2,1-4H3;1H;1H3/q+1;;. The second-order valence-electron chi connectivity index (χ2n) is 4.78. The minimum absolute atomic E-state index is 0. The number of unbranched alkanes of at least 4 members (excludes halogenated alkanes) is 5. The fraction of sp³-hybridized carbons (Fsp3) is 1.00. The maximum atomic E-state index is 2.27. The van der Waals surface area contributed by atoms with Crippen LogP contribution in [-0.2, 0) is 0 Å². The topological polar surface area (TPSA) is 35.0 Å². The Labute approximate surface area is 96.6 Å². The summed E-state index contributed by atoms with van der Waals surface area (Å²) < 4.78 is 1.12. The van der Waals surface area contributed by atoms with E-state index in [0.29, 0.717) is 0 Å². The highest BCUT2D eigenvalue weighted by Gasteiger charge is 2.04. The Kier molecular flexibility index (Phi) is 15.9. The second kappa shape index (κ2) is 11.3. The van der Waals surface area contributed by atoms with E-state index in [1.54, 1.807) is 0 Å². The maximum Gasteiger partial charge on any atom is 0.0780 e. The van der Waals surface area contributed by atoms with Crippen LogP contribution in [0.2, 0.25) is 0 Å². The zero-order valence-corrected chi connectivity index (χ0v) is 11.3. The van der Waals surface area contributed by atoms with Crippen molar-refractivity contribution in [2.45, 2.75) is 45.4 Å². The monoisotopic (exact) mass is 225 g/mol. The smallest absolute Gasteiger partial charge is 0.0780 e. The molecule has 0 aliphatic heterocycles. The van der Waals surface area contributed by atoms with Crippen molar-refractivity contribution in [1.29, 1.82) is 0 Å². The van der Waals surface area contributed by atoms with Gasteiger partial charge in [-0.15, -0.1) is 12.4 Å². The van der Waals surface area contributed by atoms with Gasteiger partial charge in [-0.1, -0.05) is 32.6 Å². The van der Waals surface area contributed by atoms with Crippen molar-refractivity contribution in [3.63, 3.8) is 0 Å². The molecule has 14 heavy (non-hydrogen) atoms. The Morgan fingerprint density at radius 1 is 0.786 bits per heavy atom. The van der Waals surface area contributed by atoms with Gasteiger partial charge in [-0.25, -0.2) is 0 Å². The molecule has 0 spiro atoms. The molecule has 0 saturated heterocycles. The molecule has 3 heteroatoms. The Bertz CT molecular complexity index is 100.0. The molecule has 0 aromatic carbocycles. The summed E-state index contributed by atoms with van der Waals surface area (Å²) in [5, 5.41) is 0. The Morgan fingerprint density at radius 2 is 1.21 bits per heavy atom. The molecular weight excluding hydrogens is 196 g/mol. The predicted octanol–water partition coefficient (Wildman–Crippen LogP) is 3.64. The fourth-order valence-electron chi connectivity index (χ4n) is 1.37. The van der Waals surface area contributed by atoms with Gasteiger partial charge in [-0.3, -0.25) is 0 Å². The number of hydrogen-bond donors (Lipinski definition) is 1.